The highest BCUT2D eigenvalue weighted by Crippen LogP contribution is 2.32. The number of nitrogens with two attached hydrogens (primary N) is 1. The van der Waals surface area contributed by atoms with Crippen molar-refractivity contribution in [3.63, 3.8) is 0 Å². The van der Waals surface area contributed by atoms with Gasteiger partial charge < -0.3 is 10.6 Å². The van der Waals surface area contributed by atoms with Crippen LogP contribution in [0.1, 0.15) is 34.9 Å². The third-order valence-electron chi connectivity index (χ3n) is 3.59. The average Bonchev–Trinajstić information content (AvgIpc) is 2.97. The molecular formula is C15H17ClN4O. The molecule has 6 heteroatoms. The number of rotatable bonds is 2. The molecule has 1 atom stereocenters. The van der Waals surface area contributed by atoms with E-state index in [0.717, 1.165) is 24.9 Å². The average molecular weight is 305 g/mol. The minimum Gasteiger partial charge on any atom is -0.397 e. The number of carbonyl (C=O) groups is 1. The van der Waals surface area contributed by atoms with Crippen molar-refractivity contribution < 1.29 is 4.79 Å². The molecule has 2 aromatic rings. The number of hydrogen-bond donors (Lipinski definition) is 1. The number of hydrogen-bond acceptors (Lipinski definition) is 4. The lowest BCUT2D eigenvalue weighted by Gasteiger charge is -2.24. The molecule has 1 aliphatic heterocycles. The molecule has 0 spiro atoms. The maximum absolute atomic E-state index is 12.5. The van der Waals surface area contributed by atoms with Crippen molar-refractivity contribution in [2.45, 2.75) is 18.9 Å². The molecule has 2 N–H and O–H groups in total. The summed E-state index contributed by atoms with van der Waals surface area (Å²) in [6.45, 7) is 0.754. The fraction of sp³-hybridized carbons (Fsp3) is 0.267. The van der Waals surface area contributed by atoms with Gasteiger partial charge in [0.1, 0.15) is 5.69 Å². The van der Waals surface area contributed by atoms with Gasteiger partial charge in [-0.25, -0.2) is 4.98 Å². The lowest BCUT2D eigenvalue weighted by atomic mass is 10.1. The molecule has 110 valence electrons. The van der Waals surface area contributed by atoms with E-state index in [9.17, 15) is 4.79 Å². The van der Waals surface area contributed by atoms with Crippen LogP contribution in [0.4, 0.5) is 5.69 Å². The first-order valence-corrected chi connectivity index (χ1v) is 6.68. The first-order chi connectivity index (χ1) is 9.75. The predicted molar refractivity (Wildman–Crippen MR) is 83.1 cm³/mol. The van der Waals surface area contributed by atoms with Gasteiger partial charge in [0, 0.05) is 18.9 Å². The number of aromatic nitrogens is 2. The van der Waals surface area contributed by atoms with Gasteiger partial charge >= 0.3 is 0 Å². The third-order valence-corrected chi connectivity index (χ3v) is 3.59. The summed E-state index contributed by atoms with van der Waals surface area (Å²) in [6.07, 6.45) is 7.05. The predicted octanol–water partition coefficient (Wildman–Crippen LogP) is 2.46. The summed E-state index contributed by atoms with van der Waals surface area (Å²) in [7, 11) is 0. The van der Waals surface area contributed by atoms with Gasteiger partial charge in [0.15, 0.2) is 0 Å². The molecule has 1 aliphatic rings. The van der Waals surface area contributed by atoms with Crippen LogP contribution < -0.4 is 5.73 Å². The summed E-state index contributed by atoms with van der Waals surface area (Å²) in [5.41, 5.74) is 7.68. The van der Waals surface area contributed by atoms with Crippen LogP contribution in [-0.4, -0.2) is 27.3 Å². The van der Waals surface area contributed by atoms with Crippen LogP contribution in [-0.2, 0) is 0 Å². The van der Waals surface area contributed by atoms with Crippen LogP contribution in [0.25, 0.3) is 0 Å². The number of nitrogen functional groups attached to an aromatic ring is 1. The topological polar surface area (TPSA) is 72.1 Å². The largest absolute Gasteiger partial charge is 0.397 e. The van der Waals surface area contributed by atoms with Gasteiger partial charge in [-0.3, -0.25) is 9.78 Å². The van der Waals surface area contributed by atoms with Gasteiger partial charge in [0.05, 0.1) is 17.9 Å². The molecule has 3 rings (SSSR count). The molecular weight excluding hydrogens is 288 g/mol. The standard InChI is InChI=1S/C15H16N4O.ClH/c16-12-5-6-13(18-10-12)15(20)19-8-2-4-14(19)11-3-1-7-17-9-11;/h1,3,5-7,9-10,14H,2,4,8,16H2;1H. The van der Waals surface area contributed by atoms with E-state index in [1.54, 1.807) is 18.3 Å². The van der Waals surface area contributed by atoms with Crippen LogP contribution in [0, 0.1) is 0 Å². The molecule has 1 fully saturated rings. The van der Waals surface area contributed by atoms with Crippen molar-refractivity contribution in [3.05, 3.63) is 54.1 Å². The quantitative estimate of drug-likeness (QED) is 0.925. The lowest BCUT2D eigenvalue weighted by molar-refractivity contribution is 0.0729. The van der Waals surface area contributed by atoms with E-state index in [2.05, 4.69) is 9.97 Å². The SMILES string of the molecule is Cl.Nc1ccc(C(=O)N2CCCC2c2cccnc2)nc1. The molecule has 0 aliphatic carbocycles. The van der Waals surface area contributed by atoms with Crippen LogP contribution in [0.3, 0.4) is 0 Å². The normalized spacial score (nSPS) is 17.3. The van der Waals surface area contributed by atoms with E-state index >= 15 is 0 Å². The summed E-state index contributed by atoms with van der Waals surface area (Å²) >= 11 is 0. The van der Waals surface area contributed by atoms with Crippen molar-refractivity contribution in [2.24, 2.45) is 0 Å². The second kappa shape index (κ2) is 6.54. The highest BCUT2D eigenvalue weighted by atomic mass is 35.5. The zero-order valence-electron chi connectivity index (χ0n) is 11.5. The molecule has 1 unspecified atom stereocenters. The second-order valence-corrected chi connectivity index (χ2v) is 4.92. The molecule has 3 heterocycles. The number of pyridine rings is 2. The van der Waals surface area contributed by atoms with Crippen molar-refractivity contribution in [3.8, 4) is 0 Å². The Balaban J connectivity index is 0.00000161. The van der Waals surface area contributed by atoms with Gasteiger partial charge in [-0.1, -0.05) is 6.07 Å². The Morgan fingerprint density at radius 2 is 2.14 bits per heavy atom. The van der Waals surface area contributed by atoms with E-state index in [1.165, 1.54) is 6.20 Å². The zero-order valence-corrected chi connectivity index (χ0v) is 12.3. The summed E-state index contributed by atoms with van der Waals surface area (Å²) in [6, 6.07) is 7.39. The lowest BCUT2D eigenvalue weighted by Crippen LogP contribution is -2.31. The summed E-state index contributed by atoms with van der Waals surface area (Å²) in [5, 5.41) is 0. The highest BCUT2D eigenvalue weighted by molar-refractivity contribution is 5.93. The fourth-order valence-electron chi connectivity index (χ4n) is 2.61. The Morgan fingerprint density at radius 3 is 2.81 bits per heavy atom. The molecule has 1 amide bonds. The van der Waals surface area contributed by atoms with Crippen molar-refractivity contribution in [1.82, 2.24) is 14.9 Å². The van der Waals surface area contributed by atoms with Crippen LogP contribution >= 0.6 is 12.4 Å². The maximum Gasteiger partial charge on any atom is 0.272 e. The number of halogens is 1. The maximum atomic E-state index is 12.5. The number of likely N-dealkylation sites (tertiary alicyclic amines) is 1. The van der Waals surface area contributed by atoms with Gasteiger partial charge in [-0.15, -0.1) is 12.4 Å². The first-order valence-electron chi connectivity index (χ1n) is 6.68. The third kappa shape index (κ3) is 3.13. The van der Waals surface area contributed by atoms with E-state index in [1.807, 2.05) is 23.2 Å². The molecule has 0 bridgehead atoms. The molecule has 0 radical (unpaired) electrons. The van der Waals surface area contributed by atoms with Gasteiger partial charge in [-0.2, -0.15) is 0 Å². The second-order valence-electron chi connectivity index (χ2n) is 4.92. The van der Waals surface area contributed by atoms with E-state index in [0.29, 0.717) is 11.4 Å². The molecule has 0 aromatic carbocycles. The molecule has 5 nitrogen and oxygen atoms in total. The minimum atomic E-state index is -0.0450. The Hall–Kier alpha value is -2.14. The van der Waals surface area contributed by atoms with Crippen molar-refractivity contribution in [1.29, 1.82) is 0 Å². The summed E-state index contributed by atoms with van der Waals surface area (Å²) in [5.74, 6) is -0.0450. The number of nitrogens with zero attached hydrogens (tertiary/aromatic N) is 3. The summed E-state index contributed by atoms with van der Waals surface area (Å²) in [4.78, 5) is 22.7. The summed E-state index contributed by atoms with van der Waals surface area (Å²) < 4.78 is 0. The Kier molecular flexibility index (Phi) is 4.75. The van der Waals surface area contributed by atoms with E-state index < -0.39 is 0 Å². The molecule has 0 saturated carbocycles. The van der Waals surface area contributed by atoms with E-state index in [-0.39, 0.29) is 24.4 Å². The zero-order chi connectivity index (χ0) is 13.9. The van der Waals surface area contributed by atoms with Crippen molar-refractivity contribution in [2.75, 3.05) is 12.3 Å². The van der Waals surface area contributed by atoms with Crippen LogP contribution in [0.2, 0.25) is 0 Å². The van der Waals surface area contributed by atoms with Crippen molar-refractivity contribution >= 4 is 24.0 Å². The molecule has 21 heavy (non-hydrogen) atoms. The smallest absolute Gasteiger partial charge is 0.272 e. The van der Waals surface area contributed by atoms with Gasteiger partial charge in [0.2, 0.25) is 0 Å². The molecule has 1 saturated heterocycles. The van der Waals surface area contributed by atoms with Gasteiger partial charge in [0.25, 0.3) is 5.91 Å². The van der Waals surface area contributed by atoms with Gasteiger partial charge in [-0.05, 0) is 36.6 Å². The Bertz CT molecular complexity index is 603. The minimum absolute atomic E-state index is 0. The highest BCUT2D eigenvalue weighted by Gasteiger charge is 2.31. The van der Waals surface area contributed by atoms with Crippen LogP contribution in [0.15, 0.2) is 42.9 Å². The first kappa shape index (κ1) is 15.3. The van der Waals surface area contributed by atoms with E-state index in [4.69, 9.17) is 5.73 Å². The monoisotopic (exact) mass is 304 g/mol. The fourth-order valence-corrected chi connectivity index (χ4v) is 2.61. The van der Waals surface area contributed by atoms with Crippen LogP contribution in [0.5, 0.6) is 0 Å². The number of carbonyl (C=O) groups excluding carboxylic acids is 1. The number of anilines is 1. The number of amides is 1. The Morgan fingerprint density at radius 1 is 1.29 bits per heavy atom. The molecule has 2 aromatic heterocycles. The Labute approximate surface area is 129 Å².